The first kappa shape index (κ1) is 12.5. The van der Waals surface area contributed by atoms with Gasteiger partial charge in [-0.25, -0.2) is 0 Å². The van der Waals surface area contributed by atoms with E-state index in [-0.39, 0.29) is 19.2 Å². The number of ether oxygens (including phenoxy) is 1. The zero-order valence-corrected chi connectivity index (χ0v) is 9.27. The fourth-order valence-electron chi connectivity index (χ4n) is 1.05. The first-order valence-electron chi connectivity index (χ1n) is 4.71. The lowest BCUT2D eigenvalue weighted by atomic mass is 10.1. The number of aliphatic hydroxyl groups is 2. The van der Waals surface area contributed by atoms with Crippen molar-refractivity contribution < 1.29 is 14.9 Å². The van der Waals surface area contributed by atoms with Crippen LogP contribution in [0.5, 0.6) is 5.88 Å². The molecule has 0 radical (unpaired) electrons. The Labute approximate surface area is 93.3 Å². The van der Waals surface area contributed by atoms with Gasteiger partial charge in [-0.15, -0.1) is 0 Å². The van der Waals surface area contributed by atoms with Crippen molar-refractivity contribution in [1.82, 2.24) is 9.97 Å². The van der Waals surface area contributed by atoms with Crippen molar-refractivity contribution in [3.05, 3.63) is 6.07 Å². The van der Waals surface area contributed by atoms with E-state index in [0.717, 1.165) is 0 Å². The highest BCUT2D eigenvalue weighted by molar-refractivity contribution is 5.44. The number of methoxy groups -OCH3 is 1. The molecule has 0 amide bonds. The van der Waals surface area contributed by atoms with E-state index in [9.17, 15) is 0 Å². The number of aliphatic hydroxyl groups excluding tert-OH is 2. The maximum Gasteiger partial charge on any atom is 0.225 e. The second-order valence-electron chi connectivity index (χ2n) is 3.66. The molecule has 7 heteroatoms. The molecule has 0 aromatic carbocycles. The number of hydrogen-bond donors (Lipinski definition) is 4. The summed E-state index contributed by atoms with van der Waals surface area (Å²) in [4.78, 5) is 7.73. The Hall–Kier alpha value is -1.60. The number of aromatic nitrogens is 2. The van der Waals surface area contributed by atoms with Crippen LogP contribution < -0.4 is 15.8 Å². The van der Waals surface area contributed by atoms with Gasteiger partial charge in [0.2, 0.25) is 11.8 Å². The molecule has 1 aromatic rings. The van der Waals surface area contributed by atoms with Gasteiger partial charge in [-0.1, -0.05) is 0 Å². The van der Waals surface area contributed by atoms with Crippen LogP contribution in [0.3, 0.4) is 0 Å². The largest absolute Gasteiger partial charge is 0.481 e. The Morgan fingerprint density at radius 3 is 2.56 bits per heavy atom. The lowest BCUT2D eigenvalue weighted by molar-refractivity contribution is 0.147. The smallest absolute Gasteiger partial charge is 0.225 e. The molecular formula is C9H16N4O3. The highest BCUT2D eigenvalue weighted by Crippen LogP contribution is 2.18. The number of anilines is 2. The molecule has 0 saturated carbocycles. The molecule has 1 rings (SSSR count). The van der Waals surface area contributed by atoms with E-state index in [0.29, 0.717) is 11.7 Å². The summed E-state index contributed by atoms with van der Waals surface area (Å²) >= 11 is 0. The van der Waals surface area contributed by atoms with Crippen LogP contribution in [0.4, 0.5) is 11.8 Å². The molecule has 7 nitrogen and oxygen atoms in total. The molecule has 0 bridgehead atoms. The third-order valence-electron chi connectivity index (χ3n) is 2.06. The minimum absolute atomic E-state index is 0.0556. The van der Waals surface area contributed by atoms with E-state index < -0.39 is 5.54 Å². The Bertz CT molecular complexity index is 355. The van der Waals surface area contributed by atoms with E-state index >= 15 is 0 Å². The van der Waals surface area contributed by atoms with Crippen molar-refractivity contribution in [2.24, 2.45) is 0 Å². The van der Waals surface area contributed by atoms with Crippen molar-refractivity contribution in [3.8, 4) is 5.88 Å². The van der Waals surface area contributed by atoms with Gasteiger partial charge in [0.1, 0.15) is 5.82 Å². The molecular weight excluding hydrogens is 212 g/mol. The average Bonchev–Trinajstić information content (AvgIpc) is 2.28. The zero-order chi connectivity index (χ0) is 12.2. The van der Waals surface area contributed by atoms with Gasteiger partial charge in [0, 0.05) is 6.07 Å². The van der Waals surface area contributed by atoms with Crippen molar-refractivity contribution in [2.75, 3.05) is 31.4 Å². The number of hydrogen-bond acceptors (Lipinski definition) is 7. The molecule has 0 saturated heterocycles. The van der Waals surface area contributed by atoms with Crippen molar-refractivity contribution in [2.45, 2.75) is 12.5 Å². The van der Waals surface area contributed by atoms with Gasteiger partial charge >= 0.3 is 0 Å². The van der Waals surface area contributed by atoms with Crippen LogP contribution >= 0.6 is 0 Å². The quantitative estimate of drug-likeness (QED) is 0.523. The van der Waals surface area contributed by atoms with Crippen LogP contribution in [-0.4, -0.2) is 46.0 Å². The number of rotatable bonds is 5. The Kier molecular flexibility index (Phi) is 3.86. The van der Waals surface area contributed by atoms with E-state index in [1.54, 1.807) is 6.92 Å². The third-order valence-corrected chi connectivity index (χ3v) is 2.06. The van der Waals surface area contributed by atoms with Crippen molar-refractivity contribution in [1.29, 1.82) is 0 Å². The van der Waals surface area contributed by atoms with E-state index in [1.165, 1.54) is 13.2 Å². The lowest BCUT2D eigenvalue weighted by Crippen LogP contribution is -2.42. The number of nitrogens with one attached hydrogen (secondary N) is 1. The van der Waals surface area contributed by atoms with Gasteiger partial charge in [-0.05, 0) is 6.92 Å². The van der Waals surface area contributed by atoms with Gasteiger partial charge in [-0.3, -0.25) is 0 Å². The number of nitrogens with zero attached hydrogens (tertiary/aromatic N) is 2. The van der Waals surface area contributed by atoms with Gasteiger partial charge in [0.05, 0.1) is 25.9 Å². The standard InChI is InChI=1S/C9H16N4O3/c1-9(4-14,5-15)13-6-3-7(16-2)12-8(10)11-6/h3,14-15H,4-5H2,1-2H3,(H3,10,11,12,13). The minimum Gasteiger partial charge on any atom is -0.481 e. The average molecular weight is 228 g/mol. The van der Waals surface area contributed by atoms with Crippen molar-refractivity contribution >= 4 is 11.8 Å². The summed E-state index contributed by atoms with van der Waals surface area (Å²) < 4.78 is 4.92. The molecule has 1 aromatic heterocycles. The maximum atomic E-state index is 9.11. The molecule has 0 atom stereocenters. The van der Waals surface area contributed by atoms with Crippen LogP contribution in [0.2, 0.25) is 0 Å². The molecule has 0 aliphatic heterocycles. The van der Waals surface area contributed by atoms with Crippen LogP contribution in [0.1, 0.15) is 6.92 Å². The summed E-state index contributed by atoms with van der Waals surface area (Å²) in [5, 5.41) is 21.1. The highest BCUT2D eigenvalue weighted by atomic mass is 16.5. The van der Waals surface area contributed by atoms with E-state index in [1.807, 2.05) is 0 Å². The predicted molar refractivity (Wildman–Crippen MR) is 59.2 cm³/mol. The summed E-state index contributed by atoms with van der Waals surface area (Å²) in [6, 6.07) is 1.53. The minimum atomic E-state index is -0.869. The molecule has 90 valence electrons. The molecule has 0 fully saturated rings. The first-order chi connectivity index (χ1) is 7.53. The lowest BCUT2D eigenvalue weighted by Gasteiger charge is -2.26. The Morgan fingerprint density at radius 1 is 1.44 bits per heavy atom. The highest BCUT2D eigenvalue weighted by Gasteiger charge is 2.22. The second kappa shape index (κ2) is 4.95. The van der Waals surface area contributed by atoms with Gasteiger partial charge in [-0.2, -0.15) is 9.97 Å². The maximum absolute atomic E-state index is 9.11. The summed E-state index contributed by atoms with van der Waals surface area (Å²) in [7, 11) is 1.46. The topological polar surface area (TPSA) is 114 Å². The normalized spacial score (nSPS) is 11.2. The summed E-state index contributed by atoms with van der Waals surface area (Å²) in [6.07, 6.45) is 0. The number of nitrogen functional groups attached to an aromatic ring is 1. The summed E-state index contributed by atoms with van der Waals surface area (Å²) in [5.41, 5.74) is 4.60. The molecule has 1 heterocycles. The monoisotopic (exact) mass is 228 g/mol. The molecule has 0 aliphatic rings. The van der Waals surface area contributed by atoms with Gasteiger partial charge in [0.15, 0.2) is 0 Å². The molecule has 0 unspecified atom stereocenters. The Morgan fingerprint density at radius 2 is 2.06 bits per heavy atom. The summed E-state index contributed by atoms with van der Waals surface area (Å²) in [5.74, 6) is 0.753. The number of nitrogens with two attached hydrogens (primary N) is 1. The fraction of sp³-hybridized carbons (Fsp3) is 0.556. The van der Waals surface area contributed by atoms with Crippen LogP contribution in [-0.2, 0) is 0 Å². The molecule has 0 spiro atoms. The Balaban J connectivity index is 2.92. The van der Waals surface area contributed by atoms with E-state index in [4.69, 9.17) is 20.7 Å². The van der Waals surface area contributed by atoms with Crippen LogP contribution in [0.25, 0.3) is 0 Å². The fourth-order valence-corrected chi connectivity index (χ4v) is 1.05. The van der Waals surface area contributed by atoms with Crippen LogP contribution in [0.15, 0.2) is 6.07 Å². The van der Waals surface area contributed by atoms with Crippen LogP contribution in [0, 0.1) is 0 Å². The van der Waals surface area contributed by atoms with Gasteiger partial charge in [0.25, 0.3) is 0 Å². The van der Waals surface area contributed by atoms with E-state index in [2.05, 4.69) is 15.3 Å². The second-order valence-corrected chi connectivity index (χ2v) is 3.66. The zero-order valence-electron chi connectivity index (χ0n) is 9.27. The third kappa shape index (κ3) is 2.94. The van der Waals surface area contributed by atoms with Gasteiger partial charge < -0.3 is 26.0 Å². The molecule has 0 aliphatic carbocycles. The predicted octanol–water partition coefficient (Wildman–Crippen LogP) is -0.777. The molecule has 5 N–H and O–H groups in total. The first-order valence-corrected chi connectivity index (χ1v) is 4.71. The van der Waals surface area contributed by atoms with Crippen molar-refractivity contribution in [3.63, 3.8) is 0 Å². The SMILES string of the molecule is COc1cc(NC(C)(CO)CO)nc(N)n1. The summed E-state index contributed by atoms with van der Waals surface area (Å²) in [6.45, 7) is 1.17. The molecule has 16 heavy (non-hydrogen) atoms.